The van der Waals surface area contributed by atoms with Gasteiger partial charge in [0.25, 0.3) is 0 Å². The molecular formula is C66H114O6. The molecule has 1 atom stereocenters. The lowest BCUT2D eigenvalue weighted by Gasteiger charge is -2.18. The Kier molecular flexibility index (Phi) is 57.3. The van der Waals surface area contributed by atoms with E-state index in [1.54, 1.807) is 0 Å². The number of carbonyl (C=O) groups is 3. The summed E-state index contributed by atoms with van der Waals surface area (Å²) in [6, 6.07) is 0. The highest BCUT2D eigenvalue weighted by Crippen LogP contribution is 2.16. The topological polar surface area (TPSA) is 78.9 Å². The van der Waals surface area contributed by atoms with Gasteiger partial charge in [0, 0.05) is 19.3 Å². The van der Waals surface area contributed by atoms with E-state index in [-0.39, 0.29) is 31.1 Å². The van der Waals surface area contributed by atoms with Crippen molar-refractivity contribution in [3.8, 4) is 0 Å². The van der Waals surface area contributed by atoms with Crippen LogP contribution in [-0.4, -0.2) is 37.2 Å². The molecular weight excluding hydrogens is 889 g/mol. The monoisotopic (exact) mass is 1000 g/mol. The minimum atomic E-state index is -0.771. The quantitative estimate of drug-likeness (QED) is 0.0261. The molecule has 0 N–H and O–H groups in total. The van der Waals surface area contributed by atoms with Gasteiger partial charge in [-0.1, -0.05) is 286 Å². The van der Waals surface area contributed by atoms with Gasteiger partial charge in [0.2, 0.25) is 0 Å². The smallest absolute Gasteiger partial charge is 0.306 e. The third kappa shape index (κ3) is 57.5. The lowest BCUT2D eigenvalue weighted by atomic mass is 10.0. The third-order valence-corrected chi connectivity index (χ3v) is 13.2. The molecule has 0 radical (unpaired) electrons. The van der Waals surface area contributed by atoms with Crippen LogP contribution in [0.15, 0.2) is 85.1 Å². The van der Waals surface area contributed by atoms with Gasteiger partial charge in [-0.05, 0) is 77.0 Å². The van der Waals surface area contributed by atoms with Gasteiger partial charge < -0.3 is 14.2 Å². The molecule has 0 aromatic heterocycles. The standard InChI is InChI=1S/C66H114O6/c1-4-7-10-13-16-19-22-23-24-25-26-27-28-29-30-31-32-33-34-35-36-37-38-39-40-41-42-43-45-47-50-53-56-59-65(68)71-62-63(61-70-64(67)58-55-52-49-46-21-18-15-12-9-6-3)72-66(69)60-57-54-51-48-44-20-17-14-11-8-5-2/h7,10,16,19,23-24,26-27,29-30,32-33,35-36,63H,4-6,8-9,11-15,17-18,20-22,25,28,31,34,37-62H2,1-3H3/b10-7-,19-16-,24-23-,27-26-,30-29-,33-32-,36-35-. The number of allylic oxidation sites excluding steroid dienone is 14. The summed E-state index contributed by atoms with van der Waals surface area (Å²) < 4.78 is 16.8. The molecule has 1 unspecified atom stereocenters. The van der Waals surface area contributed by atoms with Crippen LogP contribution in [-0.2, 0) is 28.6 Å². The van der Waals surface area contributed by atoms with E-state index in [1.807, 2.05) is 0 Å². The van der Waals surface area contributed by atoms with Crippen LogP contribution in [0.3, 0.4) is 0 Å². The summed E-state index contributed by atoms with van der Waals surface area (Å²) in [5.41, 5.74) is 0. The zero-order valence-corrected chi connectivity index (χ0v) is 47.4. The van der Waals surface area contributed by atoms with Gasteiger partial charge in [-0.25, -0.2) is 0 Å². The number of esters is 3. The second-order valence-electron chi connectivity index (χ2n) is 20.2. The molecule has 6 heteroatoms. The molecule has 0 saturated carbocycles. The molecule has 0 aromatic rings. The minimum absolute atomic E-state index is 0.0719. The molecule has 0 bridgehead atoms. The summed E-state index contributed by atoms with van der Waals surface area (Å²) in [4.78, 5) is 38.0. The molecule has 72 heavy (non-hydrogen) atoms. The summed E-state index contributed by atoms with van der Waals surface area (Å²) in [7, 11) is 0. The average molecular weight is 1000 g/mol. The summed E-state index contributed by atoms with van der Waals surface area (Å²) in [5.74, 6) is -0.868. The molecule has 0 aliphatic heterocycles. The molecule has 0 rings (SSSR count). The van der Waals surface area contributed by atoms with Crippen LogP contribution in [0, 0.1) is 0 Å². The van der Waals surface area contributed by atoms with E-state index in [0.717, 1.165) is 103 Å². The van der Waals surface area contributed by atoms with Crippen molar-refractivity contribution in [2.45, 2.75) is 303 Å². The van der Waals surface area contributed by atoms with Gasteiger partial charge in [0.1, 0.15) is 13.2 Å². The number of rotatable bonds is 55. The van der Waals surface area contributed by atoms with Gasteiger partial charge >= 0.3 is 17.9 Å². The van der Waals surface area contributed by atoms with Crippen molar-refractivity contribution in [2.75, 3.05) is 13.2 Å². The first-order valence-electron chi connectivity index (χ1n) is 30.6. The SMILES string of the molecule is CC/C=C\C/C=C\C/C=C\C/C=C\C/C=C\C/C=C\C/C=C\CCCCCCCCCCCCCC(=O)OCC(COC(=O)CCCCCCCCCCCC)OC(=O)CCCCCCCCCCCCC. The second-order valence-corrected chi connectivity index (χ2v) is 20.2. The zero-order chi connectivity index (χ0) is 52.2. The molecule has 0 aliphatic carbocycles. The van der Waals surface area contributed by atoms with Crippen molar-refractivity contribution < 1.29 is 28.6 Å². The predicted octanol–water partition coefficient (Wildman–Crippen LogP) is 20.7. The van der Waals surface area contributed by atoms with Gasteiger partial charge in [0.15, 0.2) is 6.10 Å². The second kappa shape index (κ2) is 60.1. The maximum atomic E-state index is 12.8. The van der Waals surface area contributed by atoms with Crippen LogP contribution in [0.25, 0.3) is 0 Å². The first-order chi connectivity index (χ1) is 35.5. The number of ether oxygens (including phenoxy) is 3. The van der Waals surface area contributed by atoms with Crippen LogP contribution in [0.4, 0.5) is 0 Å². The predicted molar refractivity (Wildman–Crippen MR) is 311 cm³/mol. The molecule has 0 saturated heterocycles. The van der Waals surface area contributed by atoms with Gasteiger partial charge in [-0.2, -0.15) is 0 Å². The minimum Gasteiger partial charge on any atom is -0.462 e. The summed E-state index contributed by atoms with van der Waals surface area (Å²) >= 11 is 0. The van der Waals surface area contributed by atoms with Crippen LogP contribution < -0.4 is 0 Å². The summed E-state index contributed by atoms with van der Waals surface area (Å²) in [6.45, 7) is 6.52. The van der Waals surface area contributed by atoms with Crippen molar-refractivity contribution in [1.29, 1.82) is 0 Å². The Balaban J connectivity index is 4.09. The zero-order valence-electron chi connectivity index (χ0n) is 47.4. The molecule has 6 nitrogen and oxygen atoms in total. The Morgan fingerprint density at radius 2 is 0.542 bits per heavy atom. The van der Waals surface area contributed by atoms with Gasteiger partial charge in [-0.3, -0.25) is 14.4 Å². The largest absolute Gasteiger partial charge is 0.462 e. The van der Waals surface area contributed by atoms with E-state index in [4.69, 9.17) is 14.2 Å². The van der Waals surface area contributed by atoms with Crippen LogP contribution in [0.5, 0.6) is 0 Å². The highest BCUT2D eigenvalue weighted by molar-refractivity contribution is 5.71. The molecule has 414 valence electrons. The van der Waals surface area contributed by atoms with Crippen molar-refractivity contribution in [3.05, 3.63) is 85.1 Å². The Bertz CT molecular complexity index is 1380. The fraction of sp³-hybridized carbons (Fsp3) is 0.742. The summed E-state index contributed by atoms with van der Waals surface area (Å²) in [5, 5.41) is 0. The molecule has 0 fully saturated rings. The van der Waals surface area contributed by atoms with E-state index in [1.165, 1.54) is 154 Å². The molecule has 0 aliphatic rings. The lowest BCUT2D eigenvalue weighted by Crippen LogP contribution is -2.30. The van der Waals surface area contributed by atoms with Crippen LogP contribution in [0.1, 0.15) is 297 Å². The van der Waals surface area contributed by atoms with Crippen molar-refractivity contribution in [1.82, 2.24) is 0 Å². The number of hydrogen-bond acceptors (Lipinski definition) is 6. The van der Waals surface area contributed by atoms with Gasteiger partial charge in [0.05, 0.1) is 0 Å². The first kappa shape index (κ1) is 68.6. The van der Waals surface area contributed by atoms with E-state index in [2.05, 4.69) is 106 Å². The molecule has 0 heterocycles. The van der Waals surface area contributed by atoms with E-state index < -0.39 is 6.10 Å². The highest BCUT2D eigenvalue weighted by Gasteiger charge is 2.19. The van der Waals surface area contributed by atoms with Gasteiger partial charge in [-0.15, -0.1) is 0 Å². The number of carbonyl (C=O) groups excluding carboxylic acids is 3. The summed E-state index contributed by atoms with van der Waals surface area (Å²) in [6.07, 6.45) is 78.8. The van der Waals surface area contributed by atoms with E-state index in [0.29, 0.717) is 19.3 Å². The van der Waals surface area contributed by atoms with E-state index >= 15 is 0 Å². The van der Waals surface area contributed by atoms with Crippen molar-refractivity contribution in [2.24, 2.45) is 0 Å². The van der Waals surface area contributed by atoms with Crippen LogP contribution >= 0.6 is 0 Å². The number of unbranched alkanes of at least 4 members (excludes halogenated alkanes) is 30. The molecule has 0 aromatic carbocycles. The highest BCUT2D eigenvalue weighted by atomic mass is 16.6. The van der Waals surface area contributed by atoms with E-state index in [9.17, 15) is 14.4 Å². The van der Waals surface area contributed by atoms with Crippen LogP contribution in [0.2, 0.25) is 0 Å². The first-order valence-corrected chi connectivity index (χ1v) is 30.6. The maximum Gasteiger partial charge on any atom is 0.306 e. The van der Waals surface area contributed by atoms with Crippen molar-refractivity contribution in [3.63, 3.8) is 0 Å². The molecule has 0 spiro atoms. The number of hydrogen-bond donors (Lipinski definition) is 0. The Morgan fingerprint density at radius 1 is 0.292 bits per heavy atom. The fourth-order valence-electron chi connectivity index (χ4n) is 8.60. The van der Waals surface area contributed by atoms with Crippen molar-refractivity contribution >= 4 is 17.9 Å². The molecule has 0 amide bonds. The Labute approximate surface area is 445 Å². The fourth-order valence-corrected chi connectivity index (χ4v) is 8.60. The Hall–Kier alpha value is -3.41. The third-order valence-electron chi connectivity index (χ3n) is 13.2. The lowest BCUT2D eigenvalue weighted by molar-refractivity contribution is -0.167. The Morgan fingerprint density at radius 3 is 0.847 bits per heavy atom. The normalized spacial score (nSPS) is 12.7. The average Bonchev–Trinajstić information content (AvgIpc) is 3.38. The maximum absolute atomic E-state index is 12.8.